The number of hydrogen-bond donors (Lipinski definition) is 0. The molecule has 0 bridgehead atoms. The normalized spacial score (nSPS) is 16.8. The maximum absolute atomic E-state index is 4.63. The molecule has 122 valence electrons. The van der Waals surface area contributed by atoms with E-state index in [-0.39, 0.29) is 5.41 Å². The third-order valence-electron chi connectivity index (χ3n) is 5.25. The molecule has 0 fully saturated rings. The minimum Gasteiger partial charge on any atom is -0.256 e. The van der Waals surface area contributed by atoms with Gasteiger partial charge in [-0.15, -0.1) is 0 Å². The lowest BCUT2D eigenvalue weighted by molar-refractivity contribution is 0.388. The fraction of sp³-hybridized carbons (Fsp3) is 0.261. The van der Waals surface area contributed by atoms with Gasteiger partial charge in [-0.2, -0.15) is 0 Å². The van der Waals surface area contributed by atoms with Crippen molar-refractivity contribution in [3.63, 3.8) is 0 Å². The van der Waals surface area contributed by atoms with Crippen LogP contribution in [0.5, 0.6) is 0 Å². The Hall–Kier alpha value is -2.41. The van der Waals surface area contributed by atoms with Crippen molar-refractivity contribution in [3.05, 3.63) is 90.2 Å². The van der Waals surface area contributed by atoms with Crippen LogP contribution in [0.4, 0.5) is 0 Å². The topological polar surface area (TPSA) is 12.9 Å². The summed E-state index contributed by atoms with van der Waals surface area (Å²) in [5, 5.41) is 0. The summed E-state index contributed by atoms with van der Waals surface area (Å²) in [5.74, 6) is 0.363. The molecule has 1 aromatic carbocycles. The van der Waals surface area contributed by atoms with Gasteiger partial charge < -0.3 is 0 Å². The Morgan fingerprint density at radius 3 is 2.33 bits per heavy atom. The van der Waals surface area contributed by atoms with E-state index in [9.17, 15) is 0 Å². The molecule has 1 heterocycles. The summed E-state index contributed by atoms with van der Waals surface area (Å²) in [7, 11) is 0. The molecular weight excluding hydrogens is 290 g/mol. The lowest BCUT2D eigenvalue weighted by atomic mass is 9.67. The van der Waals surface area contributed by atoms with Gasteiger partial charge >= 0.3 is 0 Å². The zero-order valence-electron chi connectivity index (χ0n) is 14.7. The Morgan fingerprint density at radius 1 is 0.958 bits per heavy atom. The third kappa shape index (κ3) is 2.99. The van der Waals surface area contributed by atoms with E-state index in [1.807, 2.05) is 12.3 Å². The van der Waals surface area contributed by atoms with Crippen LogP contribution in [-0.2, 0) is 5.41 Å². The molecule has 24 heavy (non-hydrogen) atoms. The van der Waals surface area contributed by atoms with Crippen molar-refractivity contribution >= 4 is 0 Å². The molecule has 2 aromatic rings. The van der Waals surface area contributed by atoms with Gasteiger partial charge in [-0.3, -0.25) is 4.98 Å². The standard InChI is InChI=1S/C23H25N/c1-4-23(3,19-13-7-5-6-8-14-19)20-15-11-12-18(2)22(20)21-16-9-10-17-24-21/h5-17,19H,4H2,1-3H3. The molecule has 1 nitrogen and oxygen atoms in total. The predicted octanol–water partition coefficient (Wildman–Crippen LogP) is 6.02. The molecule has 1 heteroatoms. The van der Waals surface area contributed by atoms with Crippen LogP contribution in [0.25, 0.3) is 11.3 Å². The van der Waals surface area contributed by atoms with Crippen LogP contribution in [0.1, 0.15) is 31.4 Å². The Morgan fingerprint density at radius 2 is 1.71 bits per heavy atom. The summed E-state index contributed by atoms with van der Waals surface area (Å²) >= 11 is 0. The molecule has 0 aliphatic heterocycles. The summed E-state index contributed by atoms with van der Waals surface area (Å²) < 4.78 is 0. The molecule has 0 saturated carbocycles. The van der Waals surface area contributed by atoms with Gasteiger partial charge in [0.05, 0.1) is 5.69 Å². The molecular formula is C23H25N. The predicted molar refractivity (Wildman–Crippen MR) is 103 cm³/mol. The van der Waals surface area contributed by atoms with Crippen LogP contribution in [-0.4, -0.2) is 4.98 Å². The largest absolute Gasteiger partial charge is 0.256 e. The highest BCUT2D eigenvalue weighted by molar-refractivity contribution is 5.69. The van der Waals surface area contributed by atoms with Crippen LogP contribution >= 0.6 is 0 Å². The molecule has 0 radical (unpaired) electrons. The van der Waals surface area contributed by atoms with Crippen LogP contribution in [0.3, 0.4) is 0 Å². The van der Waals surface area contributed by atoms with Gasteiger partial charge in [0.2, 0.25) is 0 Å². The molecule has 1 aliphatic rings. The molecule has 1 aromatic heterocycles. The summed E-state index contributed by atoms with van der Waals surface area (Å²) in [6.07, 6.45) is 16.1. The summed E-state index contributed by atoms with van der Waals surface area (Å²) in [6.45, 7) is 6.84. The van der Waals surface area contributed by atoms with E-state index in [0.717, 1.165) is 12.1 Å². The second-order valence-corrected chi connectivity index (χ2v) is 6.66. The van der Waals surface area contributed by atoms with E-state index in [2.05, 4.69) is 92.5 Å². The van der Waals surface area contributed by atoms with Crippen molar-refractivity contribution in [2.45, 2.75) is 32.6 Å². The van der Waals surface area contributed by atoms with Gasteiger partial charge in [0.1, 0.15) is 0 Å². The van der Waals surface area contributed by atoms with E-state index in [1.54, 1.807) is 0 Å². The number of aromatic nitrogens is 1. The van der Waals surface area contributed by atoms with Crippen molar-refractivity contribution in [1.29, 1.82) is 0 Å². The first-order valence-corrected chi connectivity index (χ1v) is 8.70. The van der Waals surface area contributed by atoms with E-state index in [0.29, 0.717) is 5.92 Å². The van der Waals surface area contributed by atoms with E-state index in [4.69, 9.17) is 0 Å². The highest BCUT2D eigenvalue weighted by Gasteiger charge is 2.34. The third-order valence-corrected chi connectivity index (χ3v) is 5.25. The zero-order chi connectivity index (χ0) is 17.0. The fourth-order valence-corrected chi connectivity index (χ4v) is 3.58. The molecule has 0 amide bonds. The first-order valence-electron chi connectivity index (χ1n) is 8.70. The molecule has 3 rings (SSSR count). The first-order chi connectivity index (χ1) is 11.7. The summed E-state index contributed by atoms with van der Waals surface area (Å²) in [5.41, 5.74) is 5.03. The van der Waals surface area contributed by atoms with Crippen LogP contribution in [0.2, 0.25) is 0 Å². The number of allylic oxidation sites excluding steroid dienone is 6. The second-order valence-electron chi connectivity index (χ2n) is 6.66. The van der Waals surface area contributed by atoms with Gasteiger partial charge in [-0.1, -0.05) is 74.6 Å². The number of rotatable bonds is 4. The van der Waals surface area contributed by atoms with Crippen molar-refractivity contribution in [1.82, 2.24) is 4.98 Å². The van der Waals surface area contributed by atoms with Crippen molar-refractivity contribution in [3.8, 4) is 11.3 Å². The van der Waals surface area contributed by atoms with Crippen LogP contribution in [0, 0.1) is 12.8 Å². The van der Waals surface area contributed by atoms with Gasteiger partial charge in [-0.25, -0.2) is 0 Å². The average molecular weight is 315 g/mol. The number of hydrogen-bond acceptors (Lipinski definition) is 1. The number of benzene rings is 1. The molecule has 1 aliphatic carbocycles. The van der Waals surface area contributed by atoms with E-state index >= 15 is 0 Å². The van der Waals surface area contributed by atoms with Crippen LogP contribution in [0.15, 0.2) is 79.1 Å². The number of nitrogens with zero attached hydrogens (tertiary/aromatic N) is 1. The lowest BCUT2D eigenvalue weighted by Gasteiger charge is -2.36. The van der Waals surface area contributed by atoms with Gasteiger partial charge in [0.15, 0.2) is 0 Å². The molecule has 1 atom stereocenters. The zero-order valence-corrected chi connectivity index (χ0v) is 14.7. The maximum Gasteiger partial charge on any atom is 0.0707 e. The molecule has 0 spiro atoms. The smallest absolute Gasteiger partial charge is 0.0707 e. The van der Waals surface area contributed by atoms with Gasteiger partial charge in [-0.05, 0) is 36.6 Å². The van der Waals surface area contributed by atoms with Crippen molar-refractivity contribution in [2.75, 3.05) is 0 Å². The number of aryl methyl sites for hydroxylation is 1. The first kappa shape index (κ1) is 16.4. The molecule has 0 saturated heterocycles. The van der Waals surface area contributed by atoms with Crippen molar-refractivity contribution < 1.29 is 0 Å². The number of pyridine rings is 1. The van der Waals surface area contributed by atoms with Crippen molar-refractivity contribution in [2.24, 2.45) is 5.92 Å². The fourth-order valence-electron chi connectivity index (χ4n) is 3.58. The Labute approximate surface area is 145 Å². The Bertz CT molecular complexity index is 767. The highest BCUT2D eigenvalue weighted by Crippen LogP contribution is 2.43. The van der Waals surface area contributed by atoms with E-state index in [1.165, 1.54) is 16.7 Å². The Balaban J connectivity index is 2.19. The Kier molecular flexibility index (Phi) is 4.80. The SMILES string of the molecule is CCC(C)(c1cccc(C)c1-c1ccccn1)C1C=CC=CC=C1. The quantitative estimate of drug-likeness (QED) is 0.672. The molecule has 1 unspecified atom stereocenters. The summed E-state index contributed by atoms with van der Waals surface area (Å²) in [6, 6.07) is 12.8. The van der Waals surface area contributed by atoms with Gasteiger partial charge in [0, 0.05) is 23.1 Å². The monoisotopic (exact) mass is 315 g/mol. The maximum atomic E-state index is 4.63. The second kappa shape index (κ2) is 7.00. The van der Waals surface area contributed by atoms with E-state index < -0.39 is 0 Å². The minimum absolute atomic E-state index is 0.0257. The molecule has 0 N–H and O–H groups in total. The highest BCUT2D eigenvalue weighted by atomic mass is 14.7. The summed E-state index contributed by atoms with van der Waals surface area (Å²) in [4.78, 5) is 4.63. The lowest BCUT2D eigenvalue weighted by Crippen LogP contribution is -2.30. The minimum atomic E-state index is 0.0257. The van der Waals surface area contributed by atoms with Gasteiger partial charge in [0.25, 0.3) is 0 Å². The van der Waals surface area contributed by atoms with Crippen LogP contribution < -0.4 is 0 Å². The average Bonchev–Trinajstić information content (AvgIpc) is 2.91.